The van der Waals surface area contributed by atoms with Gasteiger partial charge in [0.25, 0.3) is 5.91 Å². The molecule has 0 bridgehead atoms. The Labute approximate surface area is 99.8 Å². The minimum Gasteiger partial charge on any atom is -0.326 e. The average molecular weight is 233 g/mol. The van der Waals surface area contributed by atoms with Crippen molar-refractivity contribution in [3.8, 4) is 0 Å². The SMILES string of the molecule is CC1C(=O)N(c2ccc(CN)cc2)C(=O)N1C. The van der Waals surface area contributed by atoms with Crippen LogP contribution in [0.15, 0.2) is 24.3 Å². The second-order valence-electron chi connectivity index (χ2n) is 4.11. The van der Waals surface area contributed by atoms with E-state index in [1.807, 2.05) is 12.1 Å². The van der Waals surface area contributed by atoms with E-state index in [0.717, 1.165) is 5.56 Å². The van der Waals surface area contributed by atoms with E-state index in [4.69, 9.17) is 5.73 Å². The lowest BCUT2D eigenvalue weighted by molar-refractivity contribution is -0.119. The van der Waals surface area contributed by atoms with E-state index < -0.39 is 6.04 Å². The lowest BCUT2D eigenvalue weighted by Crippen LogP contribution is -2.31. The third-order valence-electron chi connectivity index (χ3n) is 3.08. The van der Waals surface area contributed by atoms with E-state index >= 15 is 0 Å². The number of hydrogen-bond acceptors (Lipinski definition) is 3. The molecule has 1 fully saturated rings. The van der Waals surface area contributed by atoms with Crippen molar-refractivity contribution in [1.29, 1.82) is 0 Å². The van der Waals surface area contributed by atoms with Gasteiger partial charge in [-0.3, -0.25) is 4.79 Å². The van der Waals surface area contributed by atoms with Gasteiger partial charge in [0.1, 0.15) is 6.04 Å². The summed E-state index contributed by atoms with van der Waals surface area (Å²) in [5, 5.41) is 0. The minimum absolute atomic E-state index is 0.196. The van der Waals surface area contributed by atoms with Gasteiger partial charge in [-0.25, -0.2) is 9.69 Å². The van der Waals surface area contributed by atoms with Crippen LogP contribution < -0.4 is 10.6 Å². The molecular weight excluding hydrogens is 218 g/mol. The standard InChI is InChI=1S/C12H15N3O2/c1-8-11(16)15(12(17)14(8)2)10-5-3-9(7-13)4-6-10/h3-6,8H,7,13H2,1-2H3. The van der Waals surface area contributed by atoms with Crippen LogP contribution in [-0.2, 0) is 11.3 Å². The number of imide groups is 1. The summed E-state index contributed by atoms with van der Waals surface area (Å²) in [5.41, 5.74) is 7.05. The van der Waals surface area contributed by atoms with E-state index in [0.29, 0.717) is 12.2 Å². The lowest BCUT2D eigenvalue weighted by atomic mass is 10.2. The highest BCUT2D eigenvalue weighted by Gasteiger charge is 2.40. The third-order valence-corrected chi connectivity index (χ3v) is 3.08. The largest absolute Gasteiger partial charge is 0.331 e. The molecule has 5 nitrogen and oxygen atoms in total. The Morgan fingerprint density at radius 1 is 1.24 bits per heavy atom. The Balaban J connectivity index is 2.33. The summed E-state index contributed by atoms with van der Waals surface area (Å²) in [6.07, 6.45) is 0. The van der Waals surface area contributed by atoms with Gasteiger partial charge in [0.15, 0.2) is 0 Å². The van der Waals surface area contributed by atoms with Crippen molar-refractivity contribution in [1.82, 2.24) is 4.90 Å². The average Bonchev–Trinajstić information content (AvgIpc) is 2.54. The number of anilines is 1. The van der Waals surface area contributed by atoms with Gasteiger partial charge in [0.05, 0.1) is 5.69 Å². The van der Waals surface area contributed by atoms with Crippen LogP contribution in [-0.4, -0.2) is 29.9 Å². The van der Waals surface area contributed by atoms with Gasteiger partial charge >= 0.3 is 6.03 Å². The van der Waals surface area contributed by atoms with Crippen LogP contribution in [0.5, 0.6) is 0 Å². The number of benzene rings is 1. The minimum atomic E-state index is -0.406. The maximum Gasteiger partial charge on any atom is 0.331 e. The van der Waals surface area contributed by atoms with E-state index in [9.17, 15) is 9.59 Å². The van der Waals surface area contributed by atoms with Gasteiger partial charge in [0, 0.05) is 13.6 Å². The summed E-state index contributed by atoms with van der Waals surface area (Å²) in [5.74, 6) is -0.196. The fraction of sp³-hybridized carbons (Fsp3) is 0.333. The van der Waals surface area contributed by atoms with Gasteiger partial charge in [-0.15, -0.1) is 0 Å². The first-order chi connectivity index (χ1) is 8.06. The van der Waals surface area contributed by atoms with Crippen molar-refractivity contribution >= 4 is 17.6 Å². The molecule has 5 heteroatoms. The smallest absolute Gasteiger partial charge is 0.326 e. The molecule has 3 amide bonds. The molecule has 1 aromatic carbocycles. The van der Waals surface area contributed by atoms with Gasteiger partial charge in [-0.1, -0.05) is 12.1 Å². The van der Waals surface area contributed by atoms with Crippen molar-refractivity contribution in [2.24, 2.45) is 5.73 Å². The molecule has 1 heterocycles. The quantitative estimate of drug-likeness (QED) is 0.773. The summed E-state index contributed by atoms with van der Waals surface area (Å²) in [6.45, 7) is 2.16. The molecular formula is C12H15N3O2. The number of nitrogens with zero attached hydrogens (tertiary/aromatic N) is 2. The Kier molecular flexibility index (Phi) is 2.85. The van der Waals surface area contributed by atoms with Crippen LogP contribution in [0.2, 0.25) is 0 Å². The first-order valence-corrected chi connectivity index (χ1v) is 5.46. The van der Waals surface area contributed by atoms with E-state index in [1.54, 1.807) is 26.1 Å². The monoisotopic (exact) mass is 233 g/mol. The number of nitrogens with two attached hydrogens (primary N) is 1. The second kappa shape index (κ2) is 4.18. The predicted molar refractivity (Wildman–Crippen MR) is 64.4 cm³/mol. The molecule has 1 atom stereocenters. The Morgan fingerprint density at radius 3 is 2.24 bits per heavy atom. The molecule has 1 aromatic rings. The summed E-state index contributed by atoms with van der Waals surface area (Å²) < 4.78 is 0. The number of rotatable bonds is 2. The first-order valence-electron chi connectivity index (χ1n) is 5.46. The molecule has 2 rings (SSSR count). The molecule has 1 aliphatic rings. The second-order valence-corrected chi connectivity index (χ2v) is 4.11. The molecule has 0 radical (unpaired) electrons. The molecule has 1 aliphatic heterocycles. The van der Waals surface area contributed by atoms with E-state index in [1.165, 1.54) is 9.80 Å². The zero-order valence-corrected chi connectivity index (χ0v) is 9.88. The normalized spacial score (nSPS) is 20.3. The Bertz CT molecular complexity index is 435. The van der Waals surface area contributed by atoms with Crippen LogP contribution in [0.4, 0.5) is 10.5 Å². The summed E-state index contributed by atoms with van der Waals surface area (Å²) in [6, 6.07) is 6.42. The summed E-state index contributed by atoms with van der Waals surface area (Å²) >= 11 is 0. The number of carbonyl (C=O) groups excluding carboxylic acids is 2. The predicted octanol–water partition coefficient (Wildman–Crippen LogP) is 0.932. The molecule has 0 spiro atoms. The Morgan fingerprint density at radius 2 is 1.82 bits per heavy atom. The van der Waals surface area contributed by atoms with Gasteiger partial charge in [-0.2, -0.15) is 0 Å². The topological polar surface area (TPSA) is 66.6 Å². The van der Waals surface area contributed by atoms with Crippen molar-refractivity contribution < 1.29 is 9.59 Å². The number of carbonyl (C=O) groups is 2. The summed E-state index contributed by atoms with van der Waals surface area (Å²) in [7, 11) is 1.62. The molecule has 1 unspecified atom stereocenters. The molecule has 17 heavy (non-hydrogen) atoms. The first kappa shape index (κ1) is 11.6. The number of hydrogen-bond donors (Lipinski definition) is 1. The fourth-order valence-corrected chi connectivity index (χ4v) is 1.79. The van der Waals surface area contributed by atoms with Crippen molar-refractivity contribution in [3.63, 3.8) is 0 Å². The number of likely N-dealkylation sites (N-methyl/N-ethyl adjacent to an activating group) is 1. The number of urea groups is 1. The Hall–Kier alpha value is -1.88. The highest BCUT2D eigenvalue weighted by Crippen LogP contribution is 2.24. The van der Waals surface area contributed by atoms with Crippen LogP contribution in [0, 0.1) is 0 Å². The van der Waals surface area contributed by atoms with Crippen LogP contribution >= 0.6 is 0 Å². The fourth-order valence-electron chi connectivity index (χ4n) is 1.79. The van der Waals surface area contributed by atoms with Crippen LogP contribution in [0.25, 0.3) is 0 Å². The molecule has 0 saturated carbocycles. The molecule has 0 aromatic heterocycles. The molecule has 1 saturated heterocycles. The highest BCUT2D eigenvalue weighted by molar-refractivity contribution is 6.21. The maximum absolute atomic E-state index is 11.9. The van der Waals surface area contributed by atoms with Crippen LogP contribution in [0.3, 0.4) is 0 Å². The third kappa shape index (κ3) is 1.78. The zero-order valence-electron chi connectivity index (χ0n) is 9.88. The number of amides is 3. The van der Waals surface area contributed by atoms with Crippen molar-refractivity contribution in [2.45, 2.75) is 19.5 Å². The van der Waals surface area contributed by atoms with Crippen LogP contribution in [0.1, 0.15) is 12.5 Å². The molecule has 2 N–H and O–H groups in total. The maximum atomic E-state index is 11.9. The molecule has 0 aliphatic carbocycles. The van der Waals surface area contributed by atoms with Crippen molar-refractivity contribution in [2.75, 3.05) is 11.9 Å². The lowest BCUT2D eigenvalue weighted by Gasteiger charge is -2.14. The van der Waals surface area contributed by atoms with Gasteiger partial charge < -0.3 is 10.6 Å². The molecule has 90 valence electrons. The zero-order chi connectivity index (χ0) is 12.6. The van der Waals surface area contributed by atoms with Crippen molar-refractivity contribution in [3.05, 3.63) is 29.8 Å². The van der Waals surface area contributed by atoms with Gasteiger partial charge in [0.2, 0.25) is 0 Å². The summed E-state index contributed by atoms with van der Waals surface area (Å²) in [4.78, 5) is 26.4. The van der Waals surface area contributed by atoms with Gasteiger partial charge in [-0.05, 0) is 24.6 Å². The van der Waals surface area contributed by atoms with E-state index in [2.05, 4.69) is 0 Å². The highest BCUT2D eigenvalue weighted by atomic mass is 16.2. The van der Waals surface area contributed by atoms with E-state index in [-0.39, 0.29) is 11.9 Å².